The maximum absolute atomic E-state index is 12.5. The first kappa shape index (κ1) is 20.1. The number of hydrogen-bond donors (Lipinski definition) is 0. The Morgan fingerprint density at radius 3 is 2.29 bits per heavy atom. The Hall–Kier alpha value is -2.69. The Morgan fingerprint density at radius 2 is 1.61 bits per heavy atom. The van der Waals surface area contributed by atoms with Crippen molar-refractivity contribution in [3.63, 3.8) is 0 Å². The fourth-order valence-corrected chi connectivity index (χ4v) is 3.64. The first-order chi connectivity index (χ1) is 13.7. The maximum atomic E-state index is 12.5. The fourth-order valence-electron chi connectivity index (χ4n) is 3.64. The summed E-state index contributed by atoms with van der Waals surface area (Å²) in [5, 5.41) is 0. The first-order valence-corrected chi connectivity index (χ1v) is 10.00. The molecule has 0 saturated carbocycles. The van der Waals surface area contributed by atoms with E-state index in [1.807, 2.05) is 35.2 Å². The maximum Gasteiger partial charge on any atom is 0.222 e. The molecule has 0 radical (unpaired) electrons. The summed E-state index contributed by atoms with van der Waals surface area (Å²) in [6, 6.07) is 16.2. The lowest BCUT2D eigenvalue weighted by atomic mass is 10.1. The van der Waals surface area contributed by atoms with Crippen molar-refractivity contribution in [2.24, 2.45) is 0 Å². The number of unbranched alkanes of at least 4 members (excludes halogenated alkanes) is 1. The highest BCUT2D eigenvalue weighted by Crippen LogP contribution is 2.28. The minimum atomic E-state index is 0.273. The zero-order valence-electron chi connectivity index (χ0n) is 16.9. The van der Waals surface area contributed by atoms with Gasteiger partial charge in [0.15, 0.2) is 0 Å². The lowest BCUT2D eigenvalue weighted by Gasteiger charge is -2.36. The van der Waals surface area contributed by atoms with Crippen LogP contribution < -0.4 is 14.4 Å². The van der Waals surface area contributed by atoms with Gasteiger partial charge < -0.3 is 19.3 Å². The molecular formula is C23H30N2O3. The minimum Gasteiger partial charge on any atom is -0.497 e. The fraction of sp³-hybridized carbons (Fsp3) is 0.435. The summed E-state index contributed by atoms with van der Waals surface area (Å²) in [4.78, 5) is 16.8. The number of methoxy groups -OCH3 is 2. The van der Waals surface area contributed by atoms with Crippen LogP contribution in [0.15, 0.2) is 48.5 Å². The van der Waals surface area contributed by atoms with Gasteiger partial charge in [0, 0.05) is 32.6 Å². The Labute approximate surface area is 167 Å². The standard InChI is InChI=1S/C23H30N2O3/c1-27-20-13-11-19(12-14-20)7-3-6-10-23(26)25-17-15-24(16-18-25)21-8-4-5-9-22(21)28-2/h4-5,8-9,11-14H,3,6-7,10,15-18H2,1-2H3. The third-order valence-corrected chi connectivity index (χ3v) is 5.32. The SMILES string of the molecule is COc1ccc(CCCCC(=O)N2CCN(c3ccccc3OC)CC2)cc1. The number of amides is 1. The third-order valence-electron chi connectivity index (χ3n) is 5.32. The molecule has 1 aliphatic rings. The molecule has 2 aromatic rings. The van der Waals surface area contributed by atoms with E-state index in [2.05, 4.69) is 23.1 Å². The molecule has 1 fully saturated rings. The summed E-state index contributed by atoms with van der Waals surface area (Å²) in [6.07, 6.45) is 3.58. The van der Waals surface area contributed by atoms with Gasteiger partial charge in [-0.2, -0.15) is 0 Å². The van der Waals surface area contributed by atoms with Gasteiger partial charge in [-0.3, -0.25) is 4.79 Å². The van der Waals surface area contributed by atoms with Crippen molar-refractivity contribution >= 4 is 11.6 Å². The van der Waals surface area contributed by atoms with Gasteiger partial charge in [-0.1, -0.05) is 24.3 Å². The largest absolute Gasteiger partial charge is 0.497 e. The van der Waals surface area contributed by atoms with E-state index in [9.17, 15) is 4.79 Å². The molecule has 5 heteroatoms. The van der Waals surface area contributed by atoms with Crippen LogP contribution in [-0.2, 0) is 11.2 Å². The molecule has 0 N–H and O–H groups in total. The van der Waals surface area contributed by atoms with E-state index in [4.69, 9.17) is 9.47 Å². The molecule has 5 nitrogen and oxygen atoms in total. The van der Waals surface area contributed by atoms with Gasteiger partial charge in [0.2, 0.25) is 5.91 Å². The van der Waals surface area contributed by atoms with Crippen LogP contribution in [0.1, 0.15) is 24.8 Å². The van der Waals surface area contributed by atoms with Crippen LogP contribution in [-0.4, -0.2) is 51.2 Å². The highest BCUT2D eigenvalue weighted by atomic mass is 16.5. The second-order valence-corrected chi connectivity index (χ2v) is 7.09. The van der Waals surface area contributed by atoms with Crippen LogP contribution in [0.2, 0.25) is 0 Å². The molecule has 0 unspecified atom stereocenters. The van der Waals surface area contributed by atoms with Crippen molar-refractivity contribution in [1.29, 1.82) is 0 Å². The predicted molar refractivity (Wildman–Crippen MR) is 112 cm³/mol. The Morgan fingerprint density at radius 1 is 0.893 bits per heavy atom. The monoisotopic (exact) mass is 382 g/mol. The Kier molecular flexibility index (Phi) is 7.18. The smallest absolute Gasteiger partial charge is 0.222 e. The number of nitrogens with zero attached hydrogens (tertiary/aromatic N) is 2. The molecule has 150 valence electrons. The summed E-state index contributed by atoms with van der Waals surface area (Å²) in [5.41, 5.74) is 2.40. The van der Waals surface area contributed by atoms with Crippen molar-refractivity contribution in [1.82, 2.24) is 4.90 Å². The zero-order chi connectivity index (χ0) is 19.8. The number of piperazine rings is 1. The van der Waals surface area contributed by atoms with Crippen LogP contribution >= 0.6 is 0 Å². The van der Waals surface area contributed by atoms with E-state index in [0.29, 0.717) is 6.42 Å². The number of carbonyl (C=O) groups excluding carboxylic acids is 1. The van der Waals surface area contributed by atoms with E-state index in [1.54, 1.807) is 14.2 Å². The van der Waals surface area contributed by atoms with Crippen LogP contribution in [0.3, 0.4) is 0 Å². The van der Waals surface area contributed by atoms with Gasteiger partial charge >= 0.3 is 0 Å². The molecule has 1 saturated heterocycles. The summed E-state index contributed by atoms with van der Waals surface area (Å²) >= 11 is 0. The van der Waals surface area contributed by atoms with E-state index < -0.39 is 0 Å². The van der Waals surface area contributed by atoms with E-state index in [0.717, 1.165) is 62.6 Å². The van der Waals surface area contributed by atoms with Crippen molar-refractivity contribution in [2.45, 2.75) is 25.7 Å². The van der Waals surface area contributed by atoms with Crippen LogP contribution in [0, 0.1) is 0 Å². The number of benzene rings is 2. The normalized spacial score (nSPS) is 14.1. The van der Waals surface area contributed by atoms with Gasteiger partial charge in [0.05, 0.1) is 19.9 Å². The van der Waals surface area contributed by atoms with Crippen LogP contribution in [0.4, 0.5) is 5.69 Å². The number of anilines is 1. The molecule has 0 spiro atoms. The molecule has 2 aromatic carbocycles. The Bertz CT molecular complexity index is 753. The number of hydrogen-bond acceptors (Lipinski definition) is 4. The molecule has 1 amide bonds. The summed E-state index contributed by atoms with van der Waals surface area (Å²) in [5.74, 6) is 2.04. The molecule has 1 heterocycles. The molecule has 0 aliphatic carbocycles. The second kappa shape index (κ2) is 10.0. The molecule has 28 heavy (non-hydrogen) atoms. The highest BCUT2D eigenvalue weighted by molar-refractivity contribution is 5.76. The first-order valence-electron chi connectivity index (χ1n) is 10.00. The number of para-hydroxylation sites is 2. The van der Waals surface area contributed by atoms with Gasteiger partial charge in [0.1, 0.15) is 11.5 Å². The molecular weight excluding hydrogens is 352 g/mol. The van der Waals surface area contributed by atoms with Crippen LogP contribution in [0.25, 0.3) is 0 Å². The number of aryl methyl sites for hydroxylation is 1. The van der Waals surface area contributed by atoms with Crippen molar-refractivity contribution in [2.75, 3.05) is 45.3 Å². The number of ether oxygens (including phenoxy) is 2. The van der Waals surface area contributed by atoms with Gasteiger partial charge in [-0.05, 0) is 49.1 Å². The number of rotatable bonds is 8. The van der Waals surface area contributed by atoms with E-state index >= 15 is 0 Å². The molecule has 0 bridgehead atoms. The van der Waals surface area contributed by atoms with Crippen molar-refractivity contribution in [3.05, 3.63) is 54.1 Å². The predicted octanol–water partition coefficient (Wildman–Crippen LogP) is 3.77. The minimum absolute atomic E-state index is 0.273. The summed E-state index contributed by atoms with van der Waals surface area (Å²) in [7, 11) is 3.38. The molecule has 0 atom stereocenters. The van der Waals surface area contributed by atoms with Gasteiger partial charge in [-0.25, -0.2) is 0 Å². The average Bonchev–Trinajstić information content (AvgIpc) is 2.77. The lowest BCUT2D eigenvalue weighted by molar-refractivity contribution is -0.131. The lowest BCUT2D eigenvalue weighted by Crippen LogP contribution is -2.48. The average molecular weight is 383 g/mol. The highest BCUT2D eigenvalue weighted by Gasteiger charge is 2.22. The van der Waals surface area contributed by atoms with Crippen molar-refractivity contribution < 1.29 is 14.3 Å². The van der Waals surface area contributed by atoms with E-state index in [1.165, 1.54) is 5.56 Å². The van der Waals surface area contributed by atoms with Crippen LogP contribution in [0.5, 0.6) is 11.5 Å². The quantitative estimate of drug-likeness (QED) is 0.652. The second-order valence-electron chi connectivity index (χ2n) is 7.09. The van der Waals surface area contributed by atoms with E-state index in [-0.39, 0.29) is 5.91 Å². The number of carbonyl (C=O) groups is 1. The zero-order valence-corrected chi connectivity index (χ0v) is 16.9. The summed E-state index contributed by atoms with van der Waals surface area (Å²) in [6.45, 7) is 3.24. The third kappa shape index (κ3) is 5.18. The molecule has 1 aliphatic heterocycles. The molecule has 0 aromatic heterocycles. The molecule has 3 rings (SSSR count). The topological polar surface area (TPSA) is 42.0 Å². The van der Waals surface area contributed by atoms with Gasteiger partial charge in [0.25, 0.3) is 0 Å². The van der Waals surface area contributed by atoms with Gasteiger partial charge in [-0.15, -0.1) is 0 Å². The Balaban J connectivity index is 1.39. The summed E-state index contributed by atoms with van der Waals surface area (Å²) < 4.78 is 10.6. The van der Waals surface area contributed by atoms with Crippen molar-refractivity contribution in [3.8, 4) is 11.5 Å².